The Morgan fingerprint density at radius 3 is 2.28 bits per heavy atom. The Morgan fingerprint density at radius 1 is 0.872 bits per heavy atom. The average Bonchev–Trinajstić information content (AvgIpc) is 3.38. The van der Waals surface area contributed by atoms with E-state index in [1.807, 2.05) is 72.8 Å². The van der Waals surface area contributed by atoms with E-state index in [-0.39, 0.29) is 11.5 Å². The third kappa shape index (κ3) is 4.98. The van der Waals surface area contributed by atoms with Gasteiger partial charge in [-0.15, -0.1) is 0 Å². The van der Waals surface area contributed by atoms with E-state index in [1.54, 1.807) is 24.3 Å². The van der Waals surface area contributed by atoms with Crippen molar-refractivity contribution < 1.29 is 4.79 Å². The van der Waals surface area contributed by atoms with Crippen molar-refractivity contribution in [2.45, 2.75) is 12.5 Å². The summed E-state index contributed by atoms with van der Waals surface area (Å²) in [5, 5.41) is 7.75. The Balaban J connectivity index is 1.56. The summed E-state index contributed by atoms with van der Waals surface area (Å²) in [5.74, 6) is -0.268. The number of nitrogens with one attached hydrogen (secondary N) is 1. The molecule has 0 spiro atoms. The predicted octanol–water partition coefficient (Wildman–Crippen LogP) is 8.37. The van der Waals surface area contributed by atoms with Crippen molar-refractivity contribution in [3.63, 3.8) is 0 Å². The molecule has 0 saturated heterocycles. The minimum absolute atomic E-state index is 0.252. The maximum atomic E-state index is 13.8. The Hall–Kier alpha value is -3.52. The van der Waals surface area contributed by atoms with E-state index in [0.717, 1.165) is 36.5 Å². The number of aromatic amines is 1. The highest BCUT2D eigenvalue weighted by Crippen LogP contribution is 2.38. The van der Waals surface area contributed by atoms with Crippen LogP contribution in [0, 0.1) is 0 Å². The molecule has 0 radical (unpaired) electrons. The van der Waals surface area contributed by atoms with Gasteiger partial charge in [0.15, 0.2) is 0 Å². The maximum absolute atomic E-state index is 13.8. The predicted molar refractivity (Wildman–Crippen MR) is 163 cm³/mol. The normalized spacial score (nSPS) is 15.0. The highest BCUT2D eigenvalue weighted by Gasteiger charge is 2.36. The fraction of sp³-hybridized carbons (Fsp3) is 0.0645. The van der Waals surface area contributed by atoms with Crippen LogP contribution in [0.5, 0.6) is 0 Å². The molecule has 4 aromatic carbocycles. The number of fused-ring (bicyclic) bond motifs is 1. The van der Waals surface area contributed by atoms with Crippen LogP contribution in [-0.2, 0) is 0 Å². The van der Waals surface area contributed by atoms with Crippen molar-refractivity contribution in [1.29, 1.82) is 0 Å². The lowest BCUT2D eigenvalue weighted by molar-refractivity contribution is 0.0711. The van der Waals surface area contributed by atoms with E-state index in [1.165, 1.54) is 5.01 Å². The summed E-state index contributed by atoms with van der Waals surface area (Å²) in [6.07, 6.45) is 0.378. The van der Waals surface area contributed by atoms with E-state index in [9.17, 15) is 9.59 Å². The summed E-state index contributed by atoms with van der Waals surface area (Å²) in [6.45, 7) is 0. The monoisotopic (exact) mass is 659 g/mol. The molecular formula is C31H20Br2ClN3O2. The first kappa shape index (κ1) is 25.7. The zero-order chi connectivity index (χ0) is 27.1. The summed E-state index contributed by atoms with van der Waals surface area (Å²) < 4.78 is 1.83. The van der Waals surface area contributed by atoms with Gasteiger partial charge in [0.05, 0.1) is 17.3 Å². The van der Waals surface area contributed by atoms with Gasteiger partial charge in [-0.2, -0.15) is 5.10 Å². The van der Waals surface area contributed by atoms with Crippen LogP contribution in [0.2, 0.25) is 5.02 Å². The summed E-state index contributed by atoms with van der Waals surface area (Å²) in [7, 11) is 0. The molecule has 0 saturated carbocycles. The SMILES string of the molecule is O=C(c1ccc(Cl)cc1)N1N=C(c2c(-c3ccccc3)c3cc(Br)ccc3[nH]c2=O)CC1c1ccc(Br)cc1. The Kier molecular flexibility index (Phi) is 6.97. The summed E-state index contributed by atoms with van der Waals surface area (Å²) in [6, 6.07) is 29.7. The fourth-order valence-electron chi connectivity index (χ4n) is 4.96. The minimum Gasteiger partial charge on any atom is -0.321 e. The van der Waals surface area contributed by atoms with Crippen LogP contribution in [0.15, 0.2) is 116 Å². The van der Waals surface area contributed by atoms with Crippen LogP contribution >= 0.6 is 43.5 Å². The summed E-state index contributed by atoms with van der Waals surface area (Å²) in [5.41, 5.74) is 4.54. The van der Waals surface area contributed by atoms with Gasteiger partial charge in [0.1, 0.15) is 0 Å². The molecule has 1 atom stereocenters. The number of nitrogens with zero attached hydrogens (tertiary/aromatic N) is 2. The van der Waals surface area contributed by atoms with Crippen molar-refractivity contribution in [1.82, 2.24) is 9.99 Å². The lowest BCUT2D eigenvalue weighted by atomic mass is 9.91. The topological polar surface area (TPSA) is 65.5 Å². The molecule has 2 heterocycles. The van der Waals surface area contributed by atoms with Gasteiger partial charge in [0.2, 0.25) is 0 Å². The minimum atomic E-state index is -0.391. The molecule has 1 aliphatic heterocycles. The second-order valence-corrected chi connectivity index (χ2v) is 11.5. The van der Waals surface area contributed by atoms with Crippen LogP contribution in [0.1, 0.15) is 33.9 Å². The van der Waals surface area contributed by atoms with E-state index in [2.05, 4.69) is 36.8 Å². The molecule has 1 unspecified atom stereocenters. The Morgan fingerprint density at radius 2 is 1.56 bits per heavy atom. The van der Waals surface area contributed by atoms with E-state index in [0.29, 0.717) is 28.3 Å². The summed E-state index contributed by atoms with van der Waals surface area (Å²) in [4.78, 5) is 30.5. The number of hydrogen-bond donors (Lipinski definition) is 1. The number of carbonyl (C=O) groups is 1. The molecule has 5 nitrogen and oxygen atoms in total. The second kappa shape index (κ2) is 10.6. The van der Waals surface area contributed by atoms with Crippen LogP contribution in [0.3, 0.4) is 0 Å². The zero-order valence-electron chi connectivity index (χ0n) is 20.4. The van der Waals surface area contributed by atoms with Gasteiger partial charge in [0.25, 0.3) is 11.5 Å². The van der Waals surface area contributed by atoms with Crippen LogP contribution in [-0.4, -0.2) is 21.6 Å². The molecule has 8 heteroatoms. The van der Waals surface area contributed by atoms with Crippen molar-refractivity contribution in [2.75, 3.05) is 0 Å². The highest BCUT2D eigenvalue weighted by molar-refractivity contribution is 9.10. The molecule has 0 bridgehead atoms. The number of pyridine rings is 1. The van der Waals surface area contributed by atoms with Gasteiger partial charge in [0, 0.05) is 42.4 Å². The van der Waals surface area contributed by atoms with Gasteiger partial charge in [-0.1, -0.05) is 85.9 Å². The Labute approximate surface area is 246 Å². The van der Waals surface area contributed by atoms with E-state index < -0.39 is 6.04 Å². The lowest BCUT2D eigenvalue weighted by Crippen LogP contribution is -2.27. The third-order valence-electron chi connectivity index (χ3n) is 6.79. The number of benzene rings is 4. The third-order valence-corrected chi connectivity index (χ3v) is 8.07. The zero-order valence-corrected chi connectivity index (χ0v) is 24.3. The molecular weight excluding hydrogens is 642 g/mol. The molecule has 39 heavy (non-hydrogen) atoms. The molecule has 192 valence electrons. The molecule has 0 aliphatic carbocycles. The van der Waals surface area contributed by atoms with E-state index in [4.69, 9.17) is 16.7 Å². The number of H-pyrrole nitrogens is 1. The molecule has 1 aliphatic rings. The number of hydrazone groups is 1. The summed E-state index contributed by atoms with van der Waals surface area (Å²) >= 11 is 13.1. The van der Waals surface area contributed by atoms with Gasteiger partial charge >= 0.3 is 0 Å². The molecule has 5 aromatic rings. The first-order chi connectivity index (χ1) is 18.9. The van der Waals surface area contributed by atoms with Crippen molar-refractivity contribution >= 4 is 66.0 Å². The number of carbonyl (C=O) groups excluding carboxylic acids is 1. The number of halogens is 3. The van der Waals surface area contributed by atoms with Crippen LogP contribution < -0.4 is 5.56 Å². The van der Waals surface area contributed by atoms with Crippen molar-refractivity contribution in [3.8, 4) is 11.1 Å². The first-order valence-electron chi connectivity index (χ1n) is 12.2. The number of amides is 1. The molecule has 0 fully saturated rings. The average molecular weight is 662 g/mol. The van der Waals surface area contributed by atoms with Crippen molar-refractivity contribution in [2.24, 2.45) is 5.10 Å². The standard InChI is InChI=1S/C31H20Br2ClN3O2/c32-21-10-6-18(7-11-21)27-17-26(36-37(27)31(39)20-8-13-23(34)14-9-20)29-28(19-4-2-1-3-5-19)24-16-22(33)12-15-25(24)35-30(29)38/h1-16,27H,17H2,(H,35,38). The van der Waals surface area contributed by atoms with E-state index >= 15 is 0 Å². The highest BCUT2D eigenvalue weighted by atomic mass is 79.9. The quantitative estimate of drug-likeness (QED) is 0.210. The number of rotatable bonds is 4. The van der Waals surface area contributed by atoms with Crippen molar-refractivity contribution in [3.05, 3.63) is 138 Å². The Bertz CT molecular complexity index is 1800. The van der Waals surface area contributed by atoms with Gasteiger partial charge in [-0.25, -0.2) is 5.01 Å². The molecule has 1 amide bonds. The number of aromatic nitrogens is 1. The van der Waals surface area contributed by atoms with Gasteiger partial charge in [-0.05, 0) is 65.7 Å². The molecule has 6 rings (SSSR count). The smallest absolute Gasteiger partial charge is 0.274 e. The lowest BCUT2D eigenvalue weighted by Gasteiger charge is -2.22. The molecule has 1 N–H and O–H groups in total. The van der Waals surface area contributed by atoms with Gasteiger partial charge in [-0.3, -0.25) is 9.59 Å². The second-order valence-electron chi connectivity index (χ2n) is 9.23. The number of hydrogen-bond acceptors (Lipinski definition) is 3. The van der Waals surface area contributed by atoms with Crippen LogP contribution in [0.25, 0.3) is 22.0 Å². The largest absolute Gasteiger partial charge is 0.321 e. The fourth-order valence-corrected chi connectivity index (χ4v) is 5.71. The molecule has 1 aromatic heterocycles. The van der Waals surface area contributed by atoms with Crippen LogP contribution in [0.4, 0.5) is 0 Å². The maximum Gasteiger partial charge on any atom is 0.274 e. The first-order valence-corrected chi connectivity index (χ1v) is 14.2. The van der Waals surface area contributed by atoms with Gasteiger partial charge < -0.3 is 4.98 Å².